The molecule has 102 valence electrons. The molecule has 0 saturated heterocycles. The summed E-state index contributed by atoms with van der Waals surface area (Å²) < 4.78 is 0. The molecule has 0 radical (unpaired) electrons. The van der Waals surface area contributed by atoms with Gasteiger partial charge < -0.3 is 0 Å². The molecule has 0 aliphatic heterocycles. The van der Waals surface area contributed by atoms with Gasteiger partial charge in [-0.2, -0.15) is 0 Å². The van der Waals surface area contributed by atoms with Gasteiger partial charge in [0.25, 0.3) is 0 Å². The molecule has 0 spiro atoms. The number of benzene rings is 2. The fourth-order valence-electron chi connectivity index (χ4n) is 3.04. The van der Waals surface area contributed by atoms with Crippen LogP contribution in [0, 0.1) is 0 Å². The molecule has 0 bridgehead atoms. The van der Waals surface area contributed by atoms with Crippen LogP contribution < -0.4 is 0 Å². The molecule has 1 nitrogen and oxygen atoms in total. The van der Waals surface area contributed by atoms with Crippen molar-refractivity contribution in [2.45, 2.75) is 38.5 Å². The van der Waals surface area contributed by atoms with Crippen molar-refractivity contribution in [3.8, 4) is 0 Å². The maximum Gasteiger partial charge on any atom is 0.170 e. The topological polar surface area (TPSA) is 17.1 Å². The molecule has 1 aliphatic carbocycles. The highest BCUT2D eigenvalue weighted by molar-refractivity contribution is 6.03. The van der Waals surface area contributed by atoms with Gasteiger partial charge >= 0.3 is 0 Å². The van der Waals surface area contributed by atoms with Gasteiger partial charge in [-0.1, -0.05) is 62.4 Å². The minimum Gasteiger partial charge on any atom is -0.293 e. The number of rotatable bonds is 2. The quantitative estimate of drug-likeness (QED) is 0.767. The van der Waals surface area contributed by atoms with Crippen LogP contribution in [0.4, 0.5) is 0 Å². The summed E-state index contributed by atoms with van der Waals surface area (Å²) in [7, 11) is 0. The largest absolute Gasteiger partial charge is 0.293 e. The van der Waals surface area contributed by atoms with Crippen molar-refractivity contribution in [2.24, 2.45) is 0 Å². The van der Waals surface area contributed by atoms with Crippen molar-refractivity contribution in [1.82, 2.24) is 0 Å². The Bertz CT molecular complexity index is 625. The van der Waals surface area contributed by atoms with Crippen LogP contribution >= 0.6 is 0 Å². The molecule has 0 heterocycles. The molecule has 0 unspecified atom stereocenters. The molecule has 1 heteroatoms. The zero-order chi connectivity index (χ0) is 14.1. The predicted octanol–water partition coefficient (Wildman–Crippen LogP) is 4.72. The zero-order valence-corrected chi connectivity index (χ0v) is 12.1. The number of hydrogen-bond donors (Lipinski definition) is 0. The van der Waals surface area contributed by atoms with Gasteiger partial charge in [0, 0.05) is 11.5 Å². The van der Waals surface area contributed by atoms with Crippen molar-refractivity contribution < 1.29 is 4.79 Å². The lowest BCUT2D eigenvalue weighted by molar-refractivity contribution is 0.0946. The average Bonchev–Trinajstić information content (AvgIpc) is 2.48. The molecular formula is C19H20O. The smallest absolute Gasteiger partial charge is 0.170 e. The second-order valence-electron chi connectivity index (χ2n) is 5.94. The van der Waals surface area contributed by atoms with E-state index in [1.165, 1.54) is 11.1 Å². The summed E-state index contributed by atoms with van der Waals surface area (Å²) in [6, 6.07) is 16.5. The third-order valence-corrected chi connectivity index (χ3v) is 4.28. The molecule has 1 atom stereocenters. The predicted molar refractivity (Wildman–Crippen MR) is 82.4 cm³/mol. The van der Waals surface area contributed by atoms with Gasteiger partial charge in [-0.3, -0.25) is 4.79 Å². The standard InChI is InChI=1S/C19H20O/c1-13(2)15-8-10-18-16(12-15)9-11-17(19(18)20)14-6-4-3-5-7-14/h3-8,10,12-13,17H,9,11H2,1-2H3/t17-/m1/s1. The van der Waals surface area contributed by atoms with E-state index in [9.17, 15) is 4.79 Å². The van der Waals surface area contributed by atoms with Gasteiger partial charge in [0.2, 0.25) is 0 Å². The van der Waals surface area contributed by atoms with E-state index in [2.05, 4.69) is 38.1 Å². The van der Waals surface area contributed by atoms with Crippen LogP contribution in [0.5, 0.6) is 0 Å². The van der Waals surface area contributed by atoms with E-state index in [4.69, 9.17) is 0 Å². The second kappa shape index (κ2) is 5.24. The molecular weight excluding hydrogens is 244 g/mol. The summed E-state index contributed by atoms with van der Waals surface area (Å²) >= 11 is 0. The van der Waals surface area contributed by atoms with Crippen molar-refractivity contribution in [2.75, 3.05) is 0 Å². The average molecular weight is 264 g/mol. The Morgan fingerprint density at radius 2 is 1.80 bits per heavy atom. The fourth-order valence-corrected chi connectivity index (χ4v) is 3.04. The normalized spacial score (nSPS) is 18.1. The van der Waals surface area contributed by atoms with Gasteiger partial charge in [0.15, 0.2) is 5.78 Å². The molecule has 0 amide bonds. The third kappa shape index (κ3) is 2.29. The van der Waals surface area contributed by atoms with Crippen LogP contribution in [0.3, 0.4) is 0 Å². The number of carbonyl (C=O) groups excluding carboxylic acids is 1. The number of Topliss-reactive ketones (excluding diaryl/α,β-unsaturated/α-hetero) is 1. The van der Waals surface area contributed by atoms with Crippen molar-refractivity contribution in [3.63, 3.8) is 0 Å². The monoisotopic (exact) mass is 264 g/mol. The Kier molecular flexibility index (Phi) is 3.43. The first-order valence-corrected chi connectivity index (χ1v) is 7.39. The summed E-state index contributed by atoms with van der Waals surface area (Å²) in [5.41, 5.74) is 4.63. The van der Waals surface area contributed by atoms with Crippen LogP contribution in [-0.4, -0.2) is 5.78 Å². The van der Waals surface area contributed by atoms with Gasteiger partial charge in [0.05, 0.1) is 0 Å². The lowest BCUT2D eigenvalue weighted by Gasteiger charge is -2.24. The highest BCUT2D eigenvalue weighted by Crippen LogP contribution is 2.33. The summed E-state index contributed by atoms with van der Waals surface area (Å²) in [4.78, 5) is 12.7. The van der Waals surface area contributed by atoms with Crippen molar-refractivity contribution in [1.29, 1.82) is 0 Å². The molecule has 2 aromatic carbocycles. The first kappa shape index (κ1) is 13.1. The van der Waals surface area contributed by atoms with Gasteiger partial charge in [0.1, 0.15) is 0 Å². The van der Waals surface area contributed by atoms with Crippen LogP contribution in [0.2, 0.25) is 0 Å². The number of aryl methyl sites for hydroxylation is 1. The summed E-state index contributed by atoms with van der Waals surface area (Å²) in [6.45, 7) is 4.39. The highest BCUT2D eigenvalue weighted by atomic mass is 16.1. The molecule has 1 aliphatic rings. The number of ketones is 1. The first-order valence-electron chi connectivity index (χ1n) is 7.39. The van der Waals surface area contributed by atoms with Crippen LogP contribution in [0.15, 0.2) is 48.5 Å². The van der Waals surface area contributed by atoms with Crippen LogP contribution in [-0.2, 0) is 6.42 Å². The molecule has 3 rings (SSSR count). The second-order valence-corrected chi connectivity index (χ2v) is 5.94. The minimum atomic E-state index is 0.0357. The fraction of sp³-hybridized carbons (Fsp3) is 0.316. The molecule has 0 N–H and O–H groups in total. The Hall–Kier alpha value is -1.89. The van der Waals surface area contributed by atoms with Gasteiger partial charge in [-0.05, 0) is 35.4 Å². The third-order valence-electron chi connectivity index (χ3n) is 4.28. The summed E-state index contributed by atoms with van der Waals surface area (Å²) in [6.07, 6.45) is 1.93. The van der Waals surface area contributed by atoms with E-state index >= 15 is 0 Å². The van der Waals surface area contributed by atoms with Crippen molar-refractivity contribution >= 4 is 5.78 Å². The molecule has 0 fully saturated rings. The molecule has 0 saturated carbocycles. The van der Waals surface area contributed by atoms with E-state index < -0.39 is 0 Å². The molecule has 2 aromatic rings. The number of carbonyl (C=O) groups is 1. The van der Waals surface area contributed by atoms with E-state index in [-0.39, 0.29) is 11.7 Å². The van der Waals surface area contributed by atoms with Crippen LogP contribution in [0.25, 0.3) is 0 Å². The SMILES string of the molecule is CC(C)c1ccc2c(c1)CC[C@H](c1ccccc1)C2=O. The van der Waals surface area contributed by atoms with E-state index in [1.54, 1.807) is 0 Å². The first-order chi connectivity index (χ1) is 9.66. The summed E-state index contributed by atoms with van der Waals surface area (Å²) in [5, 5.41) is 0. The van der Waals surface area contributed by atoms with E-state index in [0.29, 0.717) is 5.92 Å². The Morgan fingerprint density at radius 1 is 1.05 bits per heavy atom. The number of hydrogen-bond acceptors (Lipinski definition) is 1. The number of fused-ring (bicyclic) bond motifs is 1. The van der Waals surface area contributed by atoms with Crippen LogP contribution in [0.1, 0.15) is 59.2 Å². The maximum atomic E-state index is 12.7. The highest BCUT2D eigenvalue weighted by Gasteiger charge is 2.28. The summed E-state index contributed by atoms with van der Waals surface area (Å²) in [5.74, 6) is 0.837. The van der Waals surface area contributed by atoms with E-state index in [0.717, 1.165) is 24.0 Å². The molecule has 0 aromatic heterocycles. The zero-order valence-electron chi connectivity index (χ0n) is 12.1. The molecule has 20 heavy (non-hydrogen) atoms. The van der Waals surface area contributed by atoms with Crippen molar-refractivity contribution in [3.05, 3.63) is 70.8 Å². The van der Waals surface area contributed by atoms with Gasteiger partial charge in [-0.25, -0.2) is 0 Å². The Morgan fingerprint density at radius 3 is 2.50 bits per heavy atom. The Balaban J connectivity index is 1.96. The minimum absolute atomic E-state index is 0.0357. The van der Waals surface area contributed by atoms with E-state index in [1.807, 2.05) is 24.3 Å². The van der Waals surface area contributed by atoms with Gasteiger partial charge in [-0.15, -0.1) is 0 Å². The Labute approximate surface area is 120 Å². The lowest BCUT2D eigenvalue weighted by Crippen LogP contribution is -2.21. The lowest BCUT2D eigenvalue weighted by atomic mass is 9.78. The maximum absolute atomic E-state index is 12.7.